The van der Waals surface area contributed by atoms with Crippen LogP contribution >= 0.6 is 11.3 Å². The highest BCUT2D eigenvalue weighted by Crippen LogP contribution is 2.28. The fraction of sp³-hybridized carbons (Fsp3) is 0.583. The van der Waals surface area contributed by atoms with E-state index >= 15 is 0 Å². The number of aryl methyl sites for hydroxylation is 3. The molecule has 0 atom stereocenters. The lowest BCUT2D eigenvalue weighted by Gasteiger charge is -2.37. The van der Waals surface area contributed by atoms with Crippen molar-refractivity contribution in [3.8, 4) is 5.75 Å². The maximum absolute atomic E-state index is 13.1. The Morgan fingerprint density at radius 1 is 1.07 bits per heavy atom. The summed E-state index contributed by atoms with van der Waals surface area (Å²) in [6.07, 6.45) is 3.96. The number of carbonyl (C=O) groups excluding carboxylic acids is 1. The fourth-order valence-corrected chi connectivity index (χ4v) is 5.26. The van der Waals surface area contributed by atoms with Gasteiger partial charge in [-0.2, -0.15) is 0 Å². The molecule has 2 aliphatic heterocycles. The van der Waals surface area contributed by atoms with Gasteiger partial charge in [0, 0.05) is 43.8 Å². The highest BCUT2D eigenvalue weighted by atomic mass is 32.1. The van der Waals surface area contributed by atoms with Gasteiger partial charge in [0.1, 0.15) is 11.9 Å². The lowest BCUT2D eigenvalue weighted by atomic mass is 9.94. The maximum Gasteiger partial charge on any atom is 0.225 e. The Morgan fingerprint density at radius 2 is 1.73 bits per heavy atom. The molecule has 1 amide bonds. The molecule has 1 aromatic heterocycles. The SMILES string of the molecule is Cc1nc(CN2CCC(C(=O)N3CCC(Oc4c(C)cccc4C)CC3)CC2)cs1. The molecule has 2 fully saturated rings. The summed E-state index contributed by atoms with van der Waals surface area (Å²) in [5.41, 5.74) is 3.54. The number of hydrogen-bond donors (Lipinski definition) is 0. The van der Waals surface area contributed by atoms with E-state index in [9.17, 15) is 4.79 Å². The van der Waals surface area contributed by atoms with Gasteiger partial charge < -0.3 is 9.64 Å². The van der Waals surface area contributed by atoms with Gasteiger partial charge in [0.2, 0.25) is 5.91 Å². The number of aromatic nitrogens is 1. The summed E-state index contributed by atoms with van der Waals surface area (Å²) in [6, 6.07) is 6.27. The molecule has 1 aromatic carbocycles. The highest BCUT2D eigenvalue weighted by Gasteiger charge is 2.31. The number of ether oxygens (including phenoxy) is 1. The highest BCUT2D eigenvalue weighted by molar-refractivity contribution is 7.09. The van der Waals surface area contributed by atoms with Gasteiger partial charge in [0.25, 0.3) is 0 Å². The molecule has 0 aliphatic carbocycles. The van der Waals surface area contributed by atoms with Crippen LogP contribution in [-0.2, 0) is 11.3 Å². The lowest BCUT2D eigenvalue weighted by Crippen LogP contribution is -2.47. The second kappa shape index (κ2) is 9.48. The number of piperidine rings is 2. The largest absolute Gasteiger partial charge is 0.490 e. The van der Waals surface area contributed by atoms with Crippen LogP contribution in [-0.4, -0.2) is 53.0 Å². The zero-order valence-electron chi connectivity index (χ0n) is 18.4. The molecule has 30 heavy (non-hydrogen) atoms. The summed E-state index contributed by atoms with van der Waals surface area (Å²) in [5.74, 6) is 1.55. The third-order valence-electron chi connectivity index (χ3n) is 6.44. The van der Waals surface area contributed by atoms with E-state index in [-0.39, 0.29) is 12.0 Å². The van der Waals surface area contributed by atoms with Crippen molar-refractivity contribution >= 4 is 17.2 Å². The van der Waals surface area contributed by atoms with Gasteiger partial charge in [0.15, 0.2) is 0 Å². The van der Waals surface area contributed by atoms with Crippen molar-refractivity contribution in [2.24, 2.45) is 5.92 Å². The van der Waals surface area contributed by atoms with E-state index in [0.29, 0.717) is 5.91 Å². The zero-order valence-corrected chi connectivity index (χ0v) is 19.2. The van der Waals surface area contributed by atoms with Gasteiger partial charge in [-0.1, -0.05) is 18.2 Å². The summed E-state index contributed by atoms with van der Waals surface area (Å²) in [4.78, 5) is 22.1. The smallest absolute Gasteiger partial charge is 0.225 e. The summed E-state index contributed by atoms with van der Waals surface area (Å²) in [7, 11) is 0. The number of thiazole rings is 1. The van der Waals surface area contributed by atoms with Crippen LogP contribution in [0.25, 0.3) is 0 Å². The van der Waals surface area contributed by atoms with Crippen molar-refractivity contribution in [3.63, 3.8) is 0 Å². The molecule has 2 aliphatic rings. The Kier molecular flexibility index (Phi) is 6.74. The first-order valence-corrected chi connectivity index (χ1v) is 12.0. The molecule has 5 nitrogen and oxygen atoms in total. The van der Waals surface area contributed by atoms with Crippen molar-refractivity contribution in [3.05, 3.63) is 45.4 Å². The monoisotopic (exact) mass is 427 g/mol. The number of para-hydroxylation sites is 1. The lowest BCUT2D eigenvalue weighted by molar-refractivity contribution is -0.139. The van der Waals surface area contributed by atoms with E-state index in [2.05, 4.69) is 59.1 Å². The molecule has 162 valence electrons. The number of likely N-dealkylation sites (tertiary alicyclic amines) is 2. The van der Waals surface area contributed by atoms with Crippen LogP contribution in [0.3, 0.4) is 0 Å². The molecule has 0 radical (unpaired) electrons. The topological polar surface area (TPSA) is 45.7 Å². The third-order valence-corrected chi connectivity index (χ3v) is 7.26. The first-order chi connectivity index (χ1) is 14.5. The molecule has 3 heterocycles. The number of rotatable bonds is 5. The predicted octanol–water partition coefficient (Wildman–Crippen LogP) is 4.35. The fourth-order valence-electron chi connectivity index (χ4n) is 4.65. The summed E-state index contributed by atoms with van der Waals surface area (Å²) in [5, 5.41) is 3.28. The van der Waals surface area contributed by atoms with Crippen molar-refractivity contribution < 1.29 is 9.53 Å². The Hall–Kier alpha value is -1.92. The van der Waals surface area contributed by atoms with Crippen LogP contribution in [0.4, 0.5) is 0 Å². The molecule has 0 N–H and O–H groups in total. The molecule has 0 spiro atoms. The molecular formula is C24H33N3O2S. The number of carbonyl (C=O) groups is 1. The van der Waals surface area contributed by atoms with Gasteiger partial charge in [-0.15, -0.1) is 11.3 Å². The average molecular weight is 428 g/mol. The number of benzene rings is 1. The Balaban J connectivity index is 1.23. The Morgan fingerprint density at radius 3 is 2.33 bits per heavy atom. The van der Waals surface area contributed by atoms with Gasteiger partial charge >= 0.3 is 0 Å². The minimum absolute atomic E-state index is 0.175. The Labute approximate surface area is 184 Å². The quantitative estimate of drug-likeness (QED) is 0.712. The molecule has 0 bridgehead atoms. The van der Waals surface area contributed by atoms with E-state index in [1.807, 2.05) is 0 Å². The minimum Gasteiger partial charge on any atom is -0.490 e. The van der Waals surface area contributed by atoms with Crippen molar-refractivity contribution in [1.82, 2.24) is 14.8 Å². The van der Waals surface area contributed by atoms with E-state index in [0.717, 1.165) is 74.9 Å². The second-order valence-corrected chi connectivity index (χ2v) is 9.83. The Bertz CT molecular complexity index is 845. The zero-order chi connectivity index (χ0) is 21.1. The van der Waals surface area contributed by atoms with E-state index < -0.39 is 0 Å². The molecule has 0 unspecified atom stereocenters. The molecule has 4 rings (SSSR count). The summed E-state index contributed by atoms with van der Waals surface area (Å²) in [6.45, 7) is 10.8. The number of nitrogens with zero attached hydrogens (tertiary/aromatic N) is 3. The summed E-state index contributed by atoms with van der Waals surface area (Å²) >= 11 is 1.71. The van der Waals surface area contributed by atoms with Crippen LogP contribution in [0.5, 0.6) is 5.75 Å². The molecule has 6 heteroatoms. The van der Waals surface area contributed by atoms with Crippen LogP contribution in [0.15, 0.2) is 23.6 Å². The van der Waals surface area contributed by atoms with Gasteiger partial charge in [-0.3, -0.25) is 9.69 Å². The average Bonchev–Trinajstić information content (AvgIpc) is 3.16. The third kappa shape index (κ3) is 5.03. The number of amides is 1. The van der Waals surface area contributed by atoms with Crippen molar-refractivity contribution in [1.29, 1.82) is 0 Å². The standard InChI is InChI=1S/C24H33N3O2S/c1-17-5-4-6-18(2)23(17)29-22-9-13-27(14-10-22)24(28)20-7-11-26(12-8-20)15-21-16-30-19(3)25-21/h4-6,16,20,22H,7-15H2,1-3H3. The van der Waals surface area contributed by atoms with Gasteiger partial charge in [-0.05, 0) is 57.8 Å². The van der Waals surface area contributed by atoms with Gasteiger partial charge in [-0.25, -0.2) is 4.98 Å². The normalized spacial score (nSPS) is 19.2. The molecular weight excluding hydrogens is 394 g/mol. The first kappa shape index (κ1) is 21.3. The van der Waals surface area contributed by atoms with Gasteiger partial charge in [0.05, 0.1) is 10.7 Å². The summed E-state index contributed by atoms with van der Waals surface area (Å²) < 4.78 is 6.31. The van der Waals surface area contributed by atoms with E-state index in [1.54, 1.807) is 11.3 Å². The van der Waals surface area contributed by atoms with Crippen LogP contribution < -0.4 is 4.74 Å². The van der Waals surface area contributed by atoms with Crippen LogP contribution in [0.1, 0.15) is 47.5 Å². The molecule has 2 saturated heterocycles. The predicted molar refractivity (Wildman–Crippen MR) is 121 cm³/mol. The first-order valence-electron chi connectivity index (χ1n) is 11.1. The number of hydrogen-bond acceptors (Lipinski definition) is 5. The van der Waals surface area contributed by atoms with Crippen LogP contribution in [0.2, 0.25) is 0 Å². The van der Waals surface area contributed by atoms with Crippen LogP contribution in [0, 0.1) is 26.7 Å². The minimum atomic E-state index is 0.175. The second-order valence-electron chi connectivity index (χ2n) is 8.77. The molecule has 2 aromatic rings. The molecule has 0 saturated carbocycles. The maximum atomic E-state index is 13.1. The van der Waals surface area contributed by atoms with Crippen molar-refractivity contribution in [2.75, 3.05) is 26.2 Å². The van der Waals surface area contributed by atoms with Crippen molar-refractivity contribution in [2.45, 2.75) is 59.1 Å². The van der Waals surface area contributed by atoms with E-state index in [1.165, 1.54) is 11.1 Å². The van der Waals surface area contributed by atoms with E-state index in [4.69, 9.17) is 4.74 Å².